The van der Waals surface area contributed by atoms with Crippen molar-refractivity contribution >= 4 is 11.2 Å². The summed E-state index contributed by atoms with van der Waals surface area (Å²) in [6, 6.07) is 5.22. The molecule has 0 saturated heterocycles. The highest BCUT2D eigenvalue weighted by Crippen LogP contribution is 2.13. The zero-order valence-corrected chi connectivity index (χ0v) is 8.28. The van der Waals surface area contributed by atoms with Crippen LogP contribution in [0.5, 0.6) is 0 Å². The van der Waals surface area contributed by atoms with E-state index in [0.717, 1.165) is 18.4 Å². The Morgan fingerprint density at radius 2 is 1.73 bits per heavy atom. The van der Waals surface area contributed by atoms with Crippen molar-refractivity contribution in [3.05, 3.63) is 44.6 Å². The maximum atomic E-state index is 10.9. The molecule has 0 unspecified atom stereocenters. The normalized spacial score (nSPS) is 10.7. The van der Waals surface area contributed by atoms with Crippen LogP contribution in [0.2, 0.25) is 0 Å². The van der Waals surface area contributed by atoms with Crippen molar-refractivity contribution in [2.45, 2.75) is 19.8 Å². The Morgan fingerprint density at radius 3 is 2.40 bits per heavy atom. The lowest BCUT2D eigenvalue weighted by Crippen LogP contribution is -2.20. The van der Waals surface area contributed by atoms with Crippen LogP contribution < -0.4 is 11.3 Å². The maximum Gasteiger partial charge on any atom is 0.423 e. The Labute approximate surface area is 85.1 Å². The molecular formula is C11H10O4. The fourth-order valence-electron chi connectivity index (χ4n) is 1.44. The predicted molar refractivity (Wildman–Crippen MR) is 55.0 cm³/mol. The van der Waals surface area contributed by atoms with Gasteiger partial charge in [0.1, 0.15) is 0 Å². The number of fused-ring (bicyclic) bond motifs is 1. The molecule has 2 rings (SSSR count). The molecule has 1 aromatic carbocycles. The van der Waals surface area contributed by atoms with Crippen molar-refractivity contribution in [2.75, 3.05) is 0 Å². The summed E-state index contributed by atoms with van der Waals surface area (Å²) in [5, 5.41) is 0. The van der Waals surface area contributed by atoms with Gasteiger partial charge in [-0.3, -0.25) is 0 Å². The summed E-state index contributed by atoms with van der Waals surface area (Å²) in [5.74, 6) is 0. The van der Waals surface area contributed by atoms with E-state index in [4.69, 9.17) is 8.83 Å². The van der Waals surface area contributed by atoms with Crippen molar-refractivity contribution in [3.63, 3.8) is 0 Å². The van der Waals surface area contributed by atoms with E-state index in [1.807, 2.05) is 6.07 Å². The topological polar surface area (TPSA) is 60.4 Å². The average molecular weight is 206 g/mol. The van der Waals surface area contributed by atoms with Crippen molar-refractivity contribution in [1.82, 2.24) is 0 Å². The lowest BCUT2D eigenvalue weighted by atomic mass is 10.1. The molecule has 2 aromatic rings. The molecule has 0 aliphatic heterocycles. The Hall–Kier alpha value is -1.84. The highest BCUT2D eigenvalue weighted by Gasteiger charge is 2.04. The highest BCUT2D eigenvalue weighted by atomic mass is 16.5. The molecular weight excluding hydrogens is 196 g/mol. The zero-order valence-electron chi connectivity index (χ0n) is 8.28. The SMILES string of the molecule is CCCc1ccc2oc(=O)c(=O)oc2c1. The lowest BCUT2D eigenvalue weighted by Gasteiger charge is -1.98. The summed E-state index contributed by atoms with van der Waals surface area (Å²) in [7, 11) is 0. The van der Waals surface area contributed by atoms with Gasteiger partial charge in [-0.2, -0.15) is 0 Å². The van der Waals surface area contributed by atoms with E-state index in [1.54, 1.807) is 12.1 Å². The van der Waals surface area contributed by atoms with E-state index in [2.05, 4.69) is 6.92 Å². The van der Waals surface area contributed by atoms with Gasteiger partial charge in [-0.05, 0) is 24.1 Å². The van der Waals surface area contributed by atoms with Crippen LogP contribution in [0.4, 0.5) is 0 Å². The molecule has 78 valence electrons. The quantitative estimate of drug-likeness (QED) is 0.701. The smallest absolute Gasteiger partial charge is 0.414 e. The Morgan fingerprint density at radius 1 is 1.07 bits per heavy atom. The minimum atomic E-state index is -0.967. The molecule has 0 radical (unpaired) electrons. The van der Waals surface area contributed by atoms with Crippen LogP contribution in [0.25, 0.3) is 11.2 Å². The van der Waals surface area contributed by atoms with Crippen molar-refractivity contribution in [1.29, 1.82) is 0 Å². The third-order valence-electron chi connectivity index (χ3n) is 2.12. The first-order chi connectivity index (χ1) is 7.20. The number of hydrogen-bond acceptors (Lipinski definition) is 4. The molecule has 0 aliphatic carbocycles. The second-order valence-electron chi connectivity index (χ2n) is 3.31. The first-order valence-electron chi connectivity index (χ1n) is 4.77. The van der Waals surface area contributed by atoms with Gasteiger partial charge in [-0.15, -0.1) is 0 Å². The summed E-state index contributed by atoms with van der Waals surface area (Å²) in [6.07, 6.45) is 1.91. The van der Waals surface area contributed by atoms with Crippen LogP contribution >= 0.6 is 0 Å². The molecule has 0 saturated carbocycles. The summed E-state index contributed by atoms with van der Waals surface area (Å²) in [4.78, 5) is 21.8. The van der Waals surface area contributed by atoms with Crippen LogP contribution in [0.15, 0.2) is 36.6 Å². The van der Waals surface area contributed by atoms with Gasteiger partial charge in [0.25, 0.3) is 0 Å². The van der Waals surface area contributed by atoms with Crippen molar-refractivity contribution in [3.8, 4) is 0 Å². The van der Waals surface area contributed by atoms with Crippen LogP contribution in [-0.4, -0.2) is 0 Å². The van der Waals surface area contributed by atoms with Gasteiger partial charge >= 0.3 is 11.3 Å². The largest absolute Gasteiger partial charge is 0.423 e. The van der Waals surface area contributed by atoms with Gasteiger partial charge in [0.15, 0.2) is 11.2 Å². The number of benzene rings is 1. The maximum absolute atomic E-state index is 10.9. The van der Waals surface area contributed by atoms with Gasteiger partial charge in [-0.25, -0.2) is 9.59 Å². The molecule has 4 heteroatoms. The number of hydrogen-bond donors (Lipinski definition) is 0. The summed E-state index contributed by atoms with van der Waals surface area (Å²) >= 11 is 0. The molecule has 4 nitrogen and oxygen atoms in total. The Balaban J connectivity index is 2.66. The van der Waals surface area contributed by atoms with Gasteiger partial charge < -0.3 is 8.83 Å². The zero-order chi connectivity index (χ0) is 10.8. The molecule has 0 aliphatic rings. The summed E-state index contributed by atoms with van der Waals surface area (Å²) in [6.45, 7) is 2.06. The molecule has 0 atom stereocenters. The summed E-state index contributed by atoms with van der Waals surface area (Å²) < 4.78 is 9.58. The second-order valence-corrected chi connectivity index (χ2v) is 3.31. The summed E-state index contributed by atoms with van der Waals surface area (Å²) in [5.41, 5.74) is -0.242. The molecule has 0 N–H and O–H groups in total. The van der Waals surface area contributed by atoms with E-state index < -0.39 is 11.3 Å². The van der Waals surface area contributed by atoms with E-state index in [1.165, 1.54) is 0 Å². The van der Waals surface area contributed by atoms with Gasteiger partial charge in [-0.1, -0.05) is 19.4 Å². The van der Waals surface area contributed by atoms with E-state index in [9.17, 15) is 9.59 Å². The lowest BCUT2D eigenvalue weighted by molar-refractivity contribution is 0.448. The fraction of sp³-hybridized carbons (Fsp3) is 0.273. The monoisotopic (exact) mass is 206 g/mol. The van der Waals surface area contributed by atoms with Gasteiger partial charge in [0.2, 0.25) is 0 Å². The van der Waals surface area contributed by atoms with Gasteiger partial charge in [0.05, 0.1) is 0 Å². The fourth-order valence-corrected chi connectivity index (χ4v) is 1.44. The number of aryl methyl sites for hydroxylation is 1. The van der Waals surface area contributed by atoms with Crippen LogP contribution in [0.3, 0.4) is 0 Å². The Bertz CT molecular complexity index is 591. The predicted octanol–water partition coefficient (Wildman–Crippen LogP) is 1.70. The van der Waals surface area contributed by atoms with Crippen LogP contribution in [0, 0.1) is 0 Å². The molecule has 15 heavy (non-hydrogen) atoms. The molecule has 1 aromatic heterocycles. The molecule has 0 amide bonds. The third kappa shape index (κ3) is 1.83. The first-order valence-corrected chi connectivity index (χ1v) is 4.77. The average Bonchev–Trinajstić information content (AvgIpc) is 2.21. The van der Waals surface area contributed by atoms with Gasteiger partial charge in [0, 0.05) is 0 Å². The van der Waals surface area contributed by atoms with Crippen LogP contribution in [-0.2, 0) is 6.42 Å². The molecule has 0 spiro atoms. The van der Waals surface area contributed by atoms with Crippen LogP contribution in [0.1, 0.15) is 18.9 Å². The minimum absolute atomic E-state index is 0.305. The van der Waals surface area contributed by atoms with E-state index >= 15 is 0 Å². The van der Waals surface area contributed by atoms with E-state index in [0.29, 0.717) is 11.2 Å². The molecule has 0 bridgehead atoms. The molecule has 0 fully saturated rings. The second kappa shape index (κ2) is 3.73. The van der Waals surface area contributed by atoms with Crippen molar-refractivity contribution < 1.29 is 8.83 Å². The standard InChI is InChI=1S/C11H10O4/c1-2-3-7-4-5-8-9(6-7)15-11(13)10(12)14-8/h4-6H,2-3H2,1H3. The molecule has 1 heterocycles. The van der Waals surface area contributed by atoms with Crippen molar-refractivity contribution in [2.24, 2.45) is 0 Å². The van der Waals surface area contributed by atoms with E-state index in [-0.39, 0.29) is 0 Å². The Kier molecular flexibility index (Phi) is 2.41. The number of rotatable bonds is 2. The minimum Gasteiger partial charge on any atom is -0.414 e. The highest BCUT2D eigenvalue weighted by molar-refractivity contribution is 5.70. The third-order valence-corrected chi connectivity index (χ3v) is 2.12. The first kappa shape index (κ1) is 9.71.